The molecule has 8 nitrogen and oxygen atoms in total. The van der Waals surface area contributed by atoms with Crippen molar-refractivity contribution in [1.29, 1.82) is 0 Å². The van der Waals surface area contributed by atoms with Crippen LogP contribution in [0.25, 0.3) is 16.7 Å². The molecule has 0 unspecified atom stereocenters. The summed E-state index contributed by atoms with van der Waals surface area (Å²) in [7, 11) is 1.50. The van der Waals surface area contributed by atoms with Gasteiger partial charge in [-0.1, -0.05) is 18.2 Å². The molecule has 0 spiro atoms. The van der Waals surface area contributed by atoms with Gasteiger partial charge in [-0.05, 0) is 62.4 Å². The fourth-order valence-corrected chi connectivity index (χ4v) is 3.59. The van der Waals surface area contributed by atoms with E-state index < -0.39 is 11.8 Å². The highest BCUT2D eigenvalue weighted by atomic mass is 16.5. The Bertz CT molecular complexity index is 1310. The molecule has 0 aliphatic carbocycles. The second kappa shape index (κ2) is 9.44. The molecule has 0 saturated carbocycles. The maximum absolute atomic E-state index is 12.6. The van der Waals surface area contributed by atoms with Crippen molar-refractivity contribution in [1.82, 2.24) is 20.4 Å². The van der Waals surface area contributed by atoms with Crippen LogP contribution in [0.5, 0.6) is 11.5 Å². The number of hydrogen-bond acceptors (Lipinski definition) is 5. The Morgan fingerprint density at radius 3 is 2.24 bits per heavy atom. The third-order valence-electron chi connectivity index (χ3n) is 5.11. The van der Waals surface area contributed by atoms with Gasteiger partial charge in [0.25, 0.3) is 11.8 Å². The average molecular weight is 444 g/mol. The smallest absolute Gasteiger partial charge is 0.269 e. The molecule has 0 atom stereocenters. The summed E-state index contributed by atoms with van der Waals surface area (Å²) in [5.74, 6) is 0.862. The zero-order valence-electron chi connectivity index (χ0n) is 18.6. The second-order valence-electron chi connectivity index (χ2n) is 7.24. The fourth-order valence-electron chi connectivity index (χ4n) is 3.59. The van der Waals surface area contributed by atoms with Gasteiger partial charge >= 0.3 is 0 Å². The Morgan fingerprint density at radius 1 is 0.909 bits per heavy atom. The lowest BCUT2D eigenvalue weighted by Gasteiger charge is -2.12. The highest BCUT2D eigenvalue weighted by Crippen LogP contribution is 2.28. The van der Waals surface area contributed by atoms with E-state index in [2.05, 4.69) is 15.8 Å². The van der Waals surface area contributed by atoms with E-state index in [1.165, 1.54) is 7.11 Å². The van der Waals surface area contributed by atoms with Crippen LogP contribution in [-0.4, -0.2) is 35.1 Å². The van der Waals surface area contributed by atoms with Gasteiger partial charge in [-0.2, -0.15) is 0 Å². The number of nitrogens with one attached hydrogen (secondary N) is 2. The largest absolute Gasteiger partial charge is 0.493 e. The van der Waals surface area contributed by atoms with Gasteiger partial charge in [0.2, 0.25) is 0 Å². The highest BCUT2D eigenvalue weighted by molar-refractivity contribution is 6.01. The lowest BCUT2D eigenvalue weighted by Crippen LogP contribution is -2.41. The number of aryl methyl sites for hydroxylation is 1. The summed E-state index contributed by atoms with van der Waals surface area (Å²) in [6.07, 6.45) is 0. The summed E-state index contributed by atoms with van der Waals surface area (Å²) in [5.41, 5.74) is 8.15. The van der Waals surface area contributed by atoms with Gasteiger partial charge in [-0.15, -0.1) is 0 Å². The number of amides is 2. The summed E-state index contributed by atoms with van der Waals surface area (Å²) in [5, 5.41) is 0. The zero-order chi connectivity index (χ0) is 23.4. The summed E-state index contributed by atoms with van der Waals surface area (Å²) < 4.78 is 12.8. The molecule has 1 heterocycles. The van der Waals surface area contributed by atoms with E-state index in [1.54, 1.807) is 30.3 Å². The first-order valence-corrected chi connectivity index (χ1v) is 10.5. The van der Waals surface area contributed by atoms with E-state index in [9.17, 15) is 9.59 Å². The third-order valence-corrected chi connectivity index (χ3v) is 5.11. The summed E-state index contributed by atoms with van der Waals surface area (Å²) in [6.45, 7) is 4.25. The topological polar surface area (TPSA) is 94.5 Å². The average Bonchev–Trinajstić information content (AvgIpc) is 3.18. The first-order chi connectivity index (χ1) is 16.0. The van der Waals surface area contributed by atoms with E-state index in [0.717, 1.165) is 17.0 Å². The van der Waals surface area contributed by atoms with Gasteiger partial charge < -0.3 is 9.47 Å². The molecular formula is C25H24N4O4. The molecule has 4 aromatic rings. The Hall–Kier alpha value is -4.33. The number of benzene rings is 3. The van der Waals surface area contributed by atoms with E-state index in [0.29, 0.717) is 34.7 Å². The Kier molecular flexibility index (Phi) is 6.26. The van der Waals surface area contributed by atoms with Crippen LogP contribution < -0.4 is 20.3 Å². The van der Waals surface area contributed by atoms with Crippen LogP contribution in [0.3, 0.4) is 0 Å². The molecule has 3 aromatic carbocycles. The molecule has 168 valence electrons. The van der Waals surface area contributed by atoms with Crippen LogP contribution >= 0.6 is 0 Å². The number of carbonyl (C=O) groups is 2. The van der Waals surface area contributed by atoms with Crippen molar-refractivity contribution in [3.05, 3.63) is 83.7 Å². The Balaban J connectivity index is 1.49. The zero-order valence-corrected chi connectivity index (χ0v) is 18.6. The monoisotopic (exact) mass is 444 g/mol. The van der Waals surface area contributed by atoms with Gasteiger partial charge in [-0.3, -0.25) is 25.0 Å². The minimum Gasteiger partial charge on any atom is -0.493 e. The van der Waals surface area contributed by atoms with Crippen molar-refractivity contribution < 1.29 is 19.1 Å². The lowest BCUT2D eigenvalue weighted by molar-refractivity contribution is 0.0846. The van der Waals surface area contributed by atoms with Gasteiger partial charge in [0.05, 0.1) is 24.8 Å². The van der Waals surface area contributed by atoms with E-state index in [4.69, 9.17) is 9.47 Å². The third kappa shape index (κ3) is 4.50. The van der Waals surface area contributed by atoms with E-state index in [-0.39, 0.29) is 0 Å². The fraction of sp³-hybridized carbons (Fsp3) is 0.160. The van der Waals surface area contributed by atoms with Crippen molar-refractivity contribution in [3.8, 4) is 17.2 Å². The van der Waals surface area contributed by atoms with Crippen LogP contribution in [0.15, 0.2) is 66.7 Å². The standard InChI is InChI=1S/C25H24N4O4/c1-4-33-22-13-11-18(15-23(22)32-3)25(31)28-27-24(30)17-10-12-21-20(14-17)26-16(2)29(21)19-8-6-5-7-9-19/h5-15H,4H2,1-3H3,(H,27,30)(H,28,31). The summed E-state index contributed by atoms with van der Waals surface area (Å²) in [6, 6.07) is 19.9. The van der Waals surface area contributed by atoms with Crippen molar-refractivity contribution in [2.45, 2.75) is 13.8 Å². The first kappa shape index (κ1) is 21.9. The normalized spacial score (nSPS) is 10.6. The number of carbonyl (C=O) groups excluding carboxylic acids is 2. The number of fused-ring (bicyclic) bond motifs is 1. The quantitative estimate of drug-likeness (QED) is 0.441. The van der Waals surface area contributed by atoms with Gasteiger partial charge in [0.15, 0.2) is 11.5 Å². The molecule has 2 N–H and O–H groups in total. The highest BCUT2D eigenvalue weighted by Gasteiger charge is 2.15. The molecule has 0 saturated heterocycles. The molecule has 8 heteroatoms. The minimum absolute atomic E-state index is 0.322. The maximum Gasteiger partial charge on any atom is 0.269 e. The molecular weight excluding hydrogens is 420 g/mol. The number of hydrogen-bond donors (Lipinski definition) is 2. The van der Waals surface area contributed by atoms with Crippen molar-refractivity contribution in [2.24, 2.45) is 0 Å². The Labute approximate surface area is 191 Å². The summed E-state index contributed by atoms with van der Waals surface area (Å²) >= 11 is 0. The van der Waals surface area contributed by atoms with Crippen LogP contribution in [-0.2, 0) is 0 Å². The van der Waals surface area contributed by atoms with Crippen LogP contribution in [0.1, 0.15) is 33.5 Å². The maximum atomic E-state index is 12.6. The van der Waals surface area contributed by atoms with E-state index >= 15 is 0 Å². The van der Waals surface area contributed by atoms with Crippen molar-refractivity contribution in [3.63, 3.8) is 0 Å². The second-order valence-corrected chi connectivity index (χ2v) is 7.24. The predicted molar refractivity (Wildman–Crippen MR) is 125 cm³/mol. The molecule has 33 heavy (non-hydrogen) atoms. The molecule has 0 radical (unpaired) electrons. The SMILES string of the molecule is CCOc1ccc(C(=O)NNC(=O)c2ccc3c(c2)nc(C)n3-c2ccccc2)cc1OC. The van der Waals surface area contributed by atoms with Gasteiger partial charge in [-0.25, -0.2) is 4.98 Å². The molecule has 0 aliphatic heterocycles. The number of nitrogens with zero attached hydrogens (tertiary/aromatic N) is 2. The van der Waals surface area contributed by atoms with E-state index in [1.807, 2.05) is 54.8 Å². The van der Waals surface area contributed by atoms with Gasteiger partial charge in [0.1, 0.15) is 5.82 Å². The molecule has 4 rings (SSSR count). The number of aromatic nitrogens is 2. The van der Waals surface area contributed by atoms with Crippen LogP contribution in [0.2, 0.25) is 0 Å². The molecule has 2 amide bonds. The minimum atomic E-state index is -0.477. The first-order valence-electron chi connectivity index (χ1n) is 10.5. The Morgan fingerprint density at radius 2 is 1.58 bits per heavy atom. The van der Waals surface area contributed by atoms with Crippen LogP contribution in [0.4, 0.5) is 0 Å². The number of imidazole rings is 1. The van der Waals surface area contributed by atoms with Crippen molar-refractivity contribution in [2.75, 3.05) is 13.7 Å². The molecule has 1 aromatic heterocycles. The number of hydrazine groups is 1. The molecule has 0 aliphatic rings. The number of para-hydroxylation sites is 1. The lowest BCUT2D eigenvalue weighted by atomic mass is 10.2. The van der Waals surface area contributed by atoms with Crippen LogP contribution in [0, 0.1) is 6.92 Å². The molecule has 0 fully saturated rings. The predicted octanol–water partition coefficient (Wildman–Crippen LogP) is 3.82. The number of ether oxygens (including phenoxy) is 2. The van der Waals surface area contributed by atoms with Crippen molar-refractivity contribution >= 4 is 22.8 Å². The number of rotatable bonds is 6. The molecule has 0 bridgehead atoms. The van der Waals surface area contributed by atoms with Gasteiger partial charge in [0, 0.05) is 16.8 Å². The number of methoxy groups -OCH3 is 1. The summed E-state index contributed by atoms with van der Waals surface area (Å²) in [4.78, 5) is 29.7.